The first kappa shape index (κ1) is 16.5. The predicted molar refractivity (Wildman–Crippen MR) is 89.0 cm³/mol. The number of amides is 1. The number of rotatable bonds is 5. The molecular weight excluding hydrogens is 368 g/mol. The van der Waals surface area contributed by atoms with Crippen LogP contribution in [0.25, 0.3) is 0 Å². The minimum atomic E-state index is -3.65. The number of carbonyl (C=O) groups excluding carboxylic acids is 1. The molecule has 0 aliphatic rings. The van der Waals surface area contributed by atoms with E-state index >= 15 is 0 Å². The van der Waals surface area contributed by atoms with Gasteiger partial charge in [-0.15, -0.1) is 0 Å². The molecule has 3 N–H and O–H groups in total. The third-order valence-electron chi connectivity index (χ3n) is 3.02. The highest BCUT2D eigenvalue weighted by Crippen LogP contribution is 2.22. The highest BCUT2D eigenvalue weighted by molar-refractivity contribution is 9.10. The van der Waals surface area contributed by atoms with Crippen LogP contribution in [-0.4, -0.2) is 14.3 Å². The molecule has 0 heterocycles. The summed E-state index contributed by atoms with van der Waals surface area (Å²) in [5, 5.41) is 0. The van der Waals surface area contributed by atoms with Gasteiger partial charge in [0.1, 0.15) is 0 Å². The van der Waals surface area contributed by atoms with Crippen molar-refractivity contribution in [3.63, 3.8) is 0 Å². The van der Waals surface area contributed by atoms with E-state index in [1.165, 1.54) is 6.07 Å². The summed E-state index contributed by atoms with van der Waals surface area (Å²) in [6.45, 7) is 1.82. The first-order chi connectivity index (χ1) is 10.3. The maximum absolute atomic E-state index is 12.3. The summed E-state index contributed by atoms with van der Waals surface area (Å²) in [6, 6.07) is 11.3. The normalized spacial score (nSPS) is 11.2. The molecule has 116 valence electrons. The van der Waals surface area contributed by atoms with Crippen LogP contribution in [0.3, 0.4) is 0 Å². The number of carbonyl (C=O) groups is 1. The summed E-state index contributed by atoms with van der Waals surface area (Å²) in [5.41, 5.74) is 7.10. The summed E-state index contributed by atoms with van der Waals surface area (Å²) < 4.78 is 28.0. The van der Waals surface area contributed by atoms with Crippen molar-refractivity contribution in [2.45, 2.75) is 18.2 Å². The van der Waals surface area contributed by atoms with Gasteiger partial charge in [0.2, 0.25) is 5.91 Å². The second kappa shape index (κ2) is 6.50. The number of nitrogens with one attached hydrogen (secondary N) is 1. The fourth-order valence-electron chi connectivity index (χ4n) is 1.89. The number of hydrogen-bond donors (Lipinski definition) is 2. The van der Waals surface area contributed by atoms with Crippen LogP contribution in [0.1, 0.15) is 11.1 Å². The molecule has 0 fully saturated rings. The van der Waals surface area contributed by atoms with Crippen molar-refractivity contribution in [2.75, 3.05) is 4.72 Å². The van der Waals surface area contributed by atoms with Crippen LogP contribution in [0.5, 0.6) is 0 Å². The lowest BCUT2D eigenvalue weighted by molar-refractivity contribution is -0.117. The molecule has 0 bridgehead atoms. The molecule has 5 nitrogen and oxygen atoms in total. The third kappa shape index (κ3) is 4.08. The molecule has 1 amide bonds. The second-order valence-electron chi connectivity index (χ2n) is 4.86. The summed E-state index contributed by atoms with van der Waals surface area (Å²) >= 11 is 3.34. The van der Waals surface area contributed by atoms with E-state index in [1.54, 1.807) is 36.4 Å². The van der Waals surface area contributed by atoms with Crippen LogP contribution in [0.2, 0.25) is 0 Å². The zero-order chi connectivity index (χ0) is 16.3. The molecular formula is C15H15BrN2O3S. The molecule has 7 heteroatoms. The Morgan fingerprint density at radius 2 is 1.82 bits per heavy atom. The molecule has 0 unspecified atom stereocenters. The first-order valence-corrected chi connectivity index (χ1v) is 8.72. The Bertz CT molecular complexity index is 802. The van der Waals surface area contributed by atoms with E-state index in [4.69, 9.17) is 5.73 Å². The molecule has 0 saturated heterocycles. The van der Waals surface area contributed by atoms with Crippen LogP contribution < -0.4 is 10.5 Å². The first-order valence-electron chi connectivity index (χ1n) is 6.44. The van der Waals surface area contributed by atoms with Gasteiger partial charge in [-0.25, -0.2) is 8.42 Å². The van der Waals surface area contributed by atoms with E-state index in [0.717, 1.165) is 15.6 Å². The Morgan fingerprint density at radius 3 is 2.36 bits per heavy atom. The molecule has 2 aromatic rings. The number of aryl methyl sites for hydroxylation is 1. The van der Waals surface area contributed by atoms with Gasteiger partial charge in [-0.1, -0.05) is 28.1 Å². The van der Waals surface area contributed by atoms with Crippen LogP contribution in [0.15, 0.2) is 51.8 Å². The van der Waals surface area contributed by atoms with Gasteiger partial charge in [-0.2, -0.15) is 0 Å². The van der Waals surface area contributed by atoms with E-state index in [1.807, 2.05) is 6.92 Å². The van der Waals surface area contributed by atoms with Crippen LogP contribution >= 0.6 is 15.9 Å². The number of primary amides is 1. The summed E-state index contributed by atoms with van der Waals surface area (Å²) in [4.78, 5) is 11.0. The molecule has 0 saturated carbocycles. The fraction of sp³-hybridized carbons (Fsp3) is 0.133. The van der Waals surface area contributed by atoms with Gasteiger partial charge in [0.05, 0.1) is 11.3 Å². The molecule has 2 rings (SSSR count). The molecule has 0 radical (unpaired) electrons. The van der Waals surface area contributed by atoms with Gasteiger partial charge < -0.3 is 5.73 Å². The highest BCUT2D eigenvalue weighted by Gasteiger charge is 2.15. The number of anilines is 1. The van der Waals surface area contributed by atoms with E-state index in [0.29, 0.717) is 5.69 Å². The van der Waals surface area contributed by atoms with Crippen molar-refractivity contribution in [2.24, 2.45) is 5.73 Å². The standard InChI is InChI=1S/C15H15BrN2O3S/c1-10-8-13(6-7-14(10)16)22(20,21)18-12-4-2-11(3-5-12)9-15(17)19/h2-8,18H,9H2,1H3,(H2,17,19). The van der Waals surface area contributed by atoms with Crippen molar-refractivity contribution in [3.05, 3.63) is 58.1 Å². The molecule has 0 spiro atoms. The Morgan fingerprint density at radius 1 is 1.18 bits per heavy atom. The van der Waals surface area contributed by atoms with Crippen molar-refractivity contribution >= 4 is 37.5 Å². The zero-order valence-electron chi connectivity index (χ0n) is 11.8. The number of benzene rings is 2. The Balaban J connectivity index is 2.21. The van der Waals surface area contributed by atoms with Gasteiger partial charge in [0, 0.05) is 10.2 Å². The molecule has 0 aliphatic carbocycles. The molecule has 0 aliphatic heterocycles. The maximum Gasteiger partial charge on any atom is 0.261 e. The van der Waals surface area contributed by atoms with E-state index in [2.05, 4.69) is 20.7 Å². The quantitative estimate of drug-likeness (QED) is 0.832. The number of nitrogens with two attached hydrogens (primary N) is 1. The predicted octanol–water partition coefficient (Wildman–Crippen LogP) is 2.59. The van der Waals surface area contributed by atoms with Crippen molar-refractivity contribution < 1.29 is 13.2 Å². The number of hydrogen-bond acceptors (Lipinski definition) is 3. The van der Waals surface area contributed by atoms with E-state index < -0.39 is 15.9 Å². The summed E-state index contributed by atoms with van der Waals surface area (Å²) in [5.74, 6) is -0.432. The number of halogens is 1. The molecule has 22 heavy (non-hydrogen) atoms. The summed E-state index contributed by atoms with van der Waals surface area (Å²) in [6.07, 6.45) is 0.124. The van der Waals surface area contributed by atoms with E-state index in [9.17, 15) is 13.2 Å². The minimum Gasteiger partial charge on any atom is -0.369 e. The van der Waals surface area contributed by atoms with E-state index in [-0.39, 0.29) is 11.3 Å². The number of sulfonamides is 1. The van der Waals surface area contributed by atoms with Crippen molar-refractivity contribution in [3.8, 4) is 0 Å². The third-order valence-corrected chi connectivity index (χ3v) is 5.29. The average molecular weight is 383 g/mol. The highest BCUT2D eigenvalue weighted by atomic mass is 79.9. The topological polar surface area (TPSA) is 89.3 Å². The lowest BCUT2D eigenvalue weighted by Crippen LogP contribution is -2.14. The second-order valence-corrected chi connectivity index (χ2v) is 7.39. The minimum absolute atomic E-state index is 0.124. The molecule has 0 atom stereocenters. The zero-order valence-corrected chi connectivity index (χ0v) is 14.2. The van der Waals surface area contributed by atoms with Gasteiger partial charge in [0.25, 0.3) is 10.0 Å². The molecule has 0 aromatic heterocycles. The van der Waals surface area contributed by atoms with Gasteiger partial charge in [-0.05, 0) is 48.4 Å². The van der Waals surface area contributed by atoms with Gasteiger partial charge in [0.15, 0.2) is 0 Å². The van der Waals surface area contributed by atoms with Crippen LogP contribution in [0.4, 0.5) is 5.69 Å². The molecule has 2 aromatic carbocycles. The van der Waals surface area contributed by atoms with Crippen LogP contribution in [-0.2, 0) is 21.2 Å². The Labute approximate surface area is 137 Å². The Hall–Kier alpha value is -1.86. The van der Waals surface area contributed by atoms with Gasteiger partial charge in [-0.3, -0.25) is 9.52 Å². The van der Waals surface area contributed by atoms with Gasteiger partial charge >= 0.3 is 0 Å². The van der Waals surface area contributed by atoms with Crippen LogP contribution in [0, 0.1) is 6.92 Å². The van der Waals surface area contributed by atoms with Crippen molar-refractivity contribution in [1.29, 1.82) is 0 Å². The Kier molecular flexibility index (Phi) is 4.87. The fourth-order valence-corrected chi connectivity index (χ4v) is 3.28. The smallest absolute Gasteiger partial charge is 0.261 e. The lowest BCUT2D eigenvalue weighted by Gasteiger charge is -2.10. The monoisotopic (exact) mass is 382 g/mol. The van der Waals surface area contributed by atoms with Crippen molar-refractivity contribution in [1.82, 2.24) is 0 Å². The average Bonchev–Trinajstić information content (AvgIpc) is 2.43. The largest absolute Gasteiger partial charge is 0.369 e. The SMILES string of the molecule is Cc1cc(S(=O)(=O)Nc2ccc(CC(N)=O)cc2)ccc1Br. The summed E-state index contributed by atoms with van der Waals surface area (Å²) in [7, 11) is -3.65. The maximum atomic E-state index is 12.3. The lowest BCUT2D eigenvalue weighted by atomic mass is 10.1.